The summed E-state index contributed by atoms with van der Waals surface area (Å²) >= 11 is 6.32. The van der Waals surface area contributed by atoms with Crippen molar-refractivity contribution in [3.05, 3.63) is 29.0 Å². The van der Waals surface area contributed by atoms with Crippen molar-refractivity contribution in [2.45, 2.75) is 36.8 Å². The fourth-order valence-corrected chi connectivity index (χ4v) is 4.90. The molecule has 0 N–H and O–H groups in total. The van der Waals surface area contributed by atoms with E-state index in [-0.39, 0.29) is 34.8 Å². The van der Waals surface area contributed by atoms with E-state index in [9.17, 15) is 9.59 Å². The maximum atomic E-state index is 13.4. The van der Waals surface area contributed by atoms with Crippen molar-refractivity contribution in [2.75, 3.05) is 28.4 Å². The Hall–Kier alpha value is -2.41. The summed E-state index contributed by atoms with van der Waals surface area (Å²) in [5.41, 5.74) is 1.08. The van der Waals surface area contributed by atoms with Gasteiger partial charge in [0, 0.05) is 12.4 Å². The second kappa shape index (κ2) is 7.44. The van der Waals surface area contributed by atoms with E-state index in [1.165, 1.54) is 26.2 Å². The molecule has 0 saturated heterocycles. The molecule has 7 nitrogen and oxygen atoms in total. The SMILES string of the molecule is COc1cc(C2C3=C(OC4CCC(Cl)CC4C3=O)C(=O)N2C)cc(OC)c1OC. The lowest BCUT2D eigenvalue weighted by atomic mass is 9.77. The maximum absolute atomic E-state index is 13.4. The number of carbonyl (C=O) groups excluding carboxylic acids is 2. The van der Waals surface area contributed by atoms with E-state index in [2.05, 4.69) is 0 Å². The number of methoxy groups -OCH3 is 3. The molecule has 1 fully saturated rings. The molecule has 1 saturated carbocycles. The molecule has 4 unspecified atom stereocenters. The second-order valence-electron chi connectivity index (χ2n) is 7.56. The van der Waals surface area contributed by atoms with Crippen molar-refractivity contribution in [2.24, 2.45) is 5.92 Å². The molecule has 4 rings (SSSR count). The number of ketones is 1. The van der Waals surface area contributed by atoms with E-state index >= 15 is 0 Å². The lowest BCUT2D eigenvalue weighted by molar-refractivity contribution is -0.134. The average Bonchev–Trinajstić information content (AvgIpc) is 2.98. The summed E-state index contributed by atoms with van der Waals surface area (Å²) in [6.07, 6.45) is 1.72. The van der Waals surface area contributed by atoms with Crippen LogP contribution in [0.2, 0.25) is 0 Å². The Morgan fingerprint density at radius 2 is 1.72 bits per heavy atom. The Kier molecular flexibility index (Phi) is 5.11. The fraction of sp³-hybridized carbons (Fsp3) is 0.524. The van der Waals surface area contributed by atoms with Crippen LogP contribution in [0, 0.1) is 5.92 Å². The number of carbonyl (C=O) groups is 2. The first-order valence-corrected chi connectivity index (χ1v) is 10.0. The molecule has 156 valence electrons. The summed E-state index contributed by atoms with van der Waals surface area (Å²) < 4.78 is 22.3. The van der Waals surface area contributed by atoms with Gasteiger partial charge in [-0.25, -0.2) is 0 Å². The van der Waals surface area contributed by atoms with Crippen LogP contribution < -0.4 is 14.2 Å². The minimum atomic E-state index is -0.588. The number of hydrogen-bond acceptors (Lipinski definition) is 6. The Morgan fingerprint density at radius 1 is 1.07 bits per heavy atom. The molecule has 3 aliphatic rings. The Labute approximate surface area is 174 Å². The molecule has 0 aromatic heterocycles. The van der Waals surface area contributed by atoms with Crippen molar-refractivity contribution in [3.8, 4) is 17.2 Å². The third-order valence-corrected chi connectivity index (χ3v) is 6.41. The van der Waals surface area contributed by atoms with E-state index in [0.29, 0.717) is 41.2 Å². The zero-order valence-electron chi connectivity index (χ0n) is 16.9. The number of amides is 1. The zero-order valence-corrected chi connectivity index (χ0v) is 17.6. The molecular formula is C21H24ClNO6. The quantitative estimate of drug-likeness (QED) is 0.696. The van der Waals surface area contributed by atoms with Crippen LogP contribution in [0.3, 0.4) is 0 Å². The molecule has 2 aliphatic heterocycles. The van der Waals surface area contributed by atoms with Crippen LogP contribution in [0.4, 0.5) is 0 Å². The molecule has 1 amide bonds. The largest absolute Gasteiger partial charge is 0.493 e. The Balaban J connectivity index is 1.81. The molecule has 29 heavy (non-hydrogen) atoms. The van der Waals surface area contributed by atoms with E-state index in [0.717, 1.165) is 6.42 Å². The average molecular weight is 422 g/mol. The summed E-state index contributed by atoms with van der Waals surface area (Å²) in [6.45, 7) is 0. The Morgan fingerprint density at radius 3 is 2.31 bits per heavy atom. The lowest BCUT2D eigenvalue weighted by Crippen LogP contribution is -2.41. The van der Waals surface area contributed by atoms with Crippen LogP contribution in [-0.2, 0) is 14.3 Å². The first-order valence-electron chi connectivity index (χ1n) is 9.57. The van der Waals surface area contributed by atoms with Gasteiger partial charge in [-0.3, -0.25) is 9.59 Å². The summed E-state index contributed by atoms with van der Waals surface area (Å²) in [7, 11) is 6.24. The van der Waals surface area contributed by atoms with Gasteiger partial charge in [0.1, 0.15) is 6.10 Å². The van der Waals surface area contributed by atoms with Crippen LogP contribution in [0.15, 0.2) is 23.5 Å². The summed E-state index contributed by atoms with van der Waals surface area (Å²) in [5, 5.41) is -0.0552. The number of Topliss-reactive ketones (excluding diaryl/α,β-unsaturated/α-hetero) is 1. The van der Waals surface area contributed by atoms with E-state index < -0.39 is 6.04 Å². The minimum Gasteiger partial charge on any atom is -0.493 e. The third kappa shape index (κ3) is 3.03. The van der Waals surface area contributed by atoms with Crippen molar-refractivity contribution in [1.82, 2.24) is 4.90 Å². The van der Waals surface area contributed by atoms with Crippen molar-refractivity contribution >= 4 is 23.3 Å². The van der Waals surface area contributed by atoms with Gasteiger partial charge in [0.15, 0.2) is 23.0 Å². The normalized spacial score (nSPS) is 28.7. The molecule has 1 aromatic carbocycles. The van der Waals surface area contributed by atoms with E-state index in [1.54, 1.807) is 19.2 Å². The molecule has 1 aromatic rings. The molecule has 0 radical (unpaired) electrons. The minimum absolute atomic E-state index is 0.0552. The lowest BCUT2D eigenvalue weighted by Gasteiger charge is -2.37. The number of halogens is 1. The van der Waals surface area contributed by atoms with E-state index in [1.807, 2.05) is 0 Å². The summed E-state index contributed by atoms with van der Waals surface area (Å²) in [4.78, 5) is 27.9. The molecule has 2 heterocycles. The molecule has 8 heteroatoms. The summed E-state index contributed by atoms with van der Waals surface area (Å²) in [6, 6.07) is 2.93. The smallest absolute Gasteiger partial charge is 0.289 e. The van der Waals surface area contributed by atoms with Crippen molar-refractivity contribution in [3.63, 3.8) is 0 Å². The number of likely N-dealkylation sites (N-methyl/N-ethyl adjacent to an activating group) is 1. The van der Waals surface area contributed by atoms with Gasteiger partial charge in [0.25, 0.3) is 5.91 Å². The highest BCUT2D eigenvalue weighted by molar-refractivity contribution is 6.21. The van der Waals surface area contributed by atoms with Gasteiger partial charge in [-0.05, 0) is 37.0 Å². The molecule has 0 spiro atoms. The van der Waals surface area contributed by atoms with E-state index in [4.69, 9.17) is 30.5 Å². The van der Waals surface area contributed by atoms with Crippen LogP contribution in [-0.4, -0.2) is 56.4 Å². The van der Waals surface area contributed by atoms with Crippen molar-refractivity contribution < 1.29 is 28.5 Å². The number of alkyl halides is 1. The Bertz CT molecular complexity index is 872. The van der Waals surface area contributed by atoms with Gasteiger partial charge in [-0.15, -0.1) is 11.6 Å². The predicted octanol–water partition coefficient (Wildman–Crippen LogP) is 2.86. The highest BCUT2D eigenvalue weighted by atomic mass is 35.5. The number of benzene rings is 1. The van der Waals surface area contributed by atoms with Gasteiger partial charge >= 0.3 is 0 Å². The predicted molar refractivity (Wildman–Crippen MR) is 105 cm³/mol. The molecular weight excluding hydrogens is 398 g/mol. The number of fused-ring (bicyclic) bond motifs is 1. The number of nitrogens with zero attached hydrogens (tertiary/aromatic N) is 1. The standard InChI is InChI=1S/C21H24ClNO6/c1-23-17(10-7-14(26-2)19(28-4)15(8-10)27-3)16-18(24)12-9-11(22)5-6-13(12)29-20(16)21(23)25/h7-8,11-13,17H,5-6,9H2,1-4H3. The molecule has 0 bridgehead atoms. The summed E-state index contributed by atoms with van der Waals surface area (Å²) in [5.74, 6) is 0.842. The first-order chi connectivity index (χ1) is 13.9. The number of rotatable bonds is 4. The van der Waals surface area contributed by atoms with Crippen molar-refractivity contribution in [1.29, 1.82) is 0 Å². The van der Waals surface area contributed by atoms with Gasteiger partial charge < -0.3 is 23.8 Å². The van der Waals surface area contributed by atoms with Gasteiger partial charge in [0.2, 0.25) is 5.75 Å². The van der Waals surface area contributed by atoms with Crippen LogP contribution in [0.5, 0.6) is 17.2 Å². The fourth-order valence-electron chi connectivity index (χ4n) is 4.58. The first kappa shape index (κ1) is 19.9. The van der Waals surface area contributed by atoms with Gasteiger partial charge in [-0.2, -0.15) is 0 Å². The van der Waals surface area contributed by atoms with Gasteiger partial charge in [-0.1, -0.05) is 0 Å². The van der Waals surface area contributed by atoms with Crippen LogP contribution in [0.1, 0.15) is 30.9 Å². The number of hydrogen-bond donors (Lipinski definition) is 0. The van der Waals surface area contributed by atoms with Crippen LogP contribution in [0.25, 0.3) is 0 Å². The maximum Gasteiger partial charge on any atom is 0.289 e. The topological polar surface area (TPSA) is 74.3 Å². The monoisotopic (exact) mass is 421 g/mol. The highest BCUT2D eigenvalue weighted by Crippen LogP contribution is 2.49. The molecule has 4 atom stereocenters. The molecule has 1 aliphatic carbocycles. The highest BCUT2D eigenvalue weighted by Gasteiger charge is 2.52. The number of ether oxygens (including phenoxy) is 4. The third-order valence-electron chi connectivity index (χ3n) is 6.02. The van der Waals surface area contributed by atoms with Gasteiger partial charge in [0.05, 0.1) is 38.9 Å². The second-order valence-corrected chi connectivity index (χ2v) is 8.17. The van der Waals surface area contributed by atoms with Crippen LogP contribution >= 0.6 is 11.6 Å². The zero-order chi connectivity index (χ0) is 20.9.